The van der Waals surface area contributed by atoms with Crippen molar-refractivity contribution in [3.05, 3.63) is 35.4 Å². The molecule has 0 saturated carbocycles. The zero-order chi connectivity index (χ0) is 10.6. The molecule has 0 atom stereocenters. The van der Waals surface area contributed by atoms with Crippen molar-refractivity contribution in [1.82, 2.24) is 0 Å². The molecule has 0 heterocycles. The van der Waals surface area contributed by atoms with E-state index in [1.165, 1.54) is 11.1 Å². The predicted octanol–water partition coefficient (Wildman–Crippen LogP) is 3.52. The minimum Gasteiger partial charge on any atom is -0.380 e. The number of benzene rings is 1. The first kappa shape index (κ1) is 11.3. The lowest BCUT2D eigenvalue weighted by Gasteiger charge is -2.26. The van der Waals surface area contributed by atoms with Crippen LogP contribution in [0.3, 0.4) is 0 Å². The Balaban J connectivity index is 3.06. The Kier molecular flexibility index (Phi) is 3.70. The number of methoxy groups -OCH3 is 1. The van der Waals surface area contributed by atoms with Crippen LogP contribution in [0.1, 0.15) is 38.3 Å². The lowest BCUT2D eigenvalue weighted by atomic mass is 9.80. The molecule has 0 bridgehead atoms. The van der Waals surface area contributed by atoms with Crippen molar-refractivity contribution in [2.45, 2.75) is 39.2 Å². The van der Waals surface area contributed by atoms with E-state index in [0.29, 0.717) is 6.61 Å². The van der Waals surface area contributed by atoms with E-state index in [4.69, 9.17) is 4.74 Å². The Morgan fingerprint density at radius 3 is 2.43 bits per heavy atom. The average Bonchev–Trinajstić information content (AvgIpc) is 2.19. The van der Waals surface area contributed by atoms with Gasteiger partial charge in [0.25, 0.3) is 0 Å². The van der Waals surface area contributed by atoms with E-state index in [1.54, 1.807) is 7.11 Å². The average molecular weight is 192 g/mol. The third-order valence-corrected chi connectivity index (χ3v) is 2.93. The summed E-state index contributed by atoms with van der Waals surface area (Å²) in [5.41, 5.74) is 2.96. The van der Waals surface area contributed by atoms with E-state index in [-0.39, 0.29) is 5.41 Å². The molecule has 0 saturated heterocycles. The van der Waals surface area contributed by atoms with Crippen molar-refractivity contribution in [1.29, 1.82) is 0 Å². The van der Waals surface area contributed by atoms with E-state index in [1.807, 2.05) is 0 Å². The van der Waals surface area contributed by atoms with Gasteiger partial charge in [-0.05, 0) is 23.0 Å². The van der Waals surface area contributed by atoms with Crippen LogP contribution in [0.15, 0.2) is 24.3 Å². The summed E-state index contributed by atoms with van der Waals surface area (Å²) >= 11 is 0. The van der Waals surface area contributed by atoms with Gasteiger partial charge in [-0.25, -0.2) is 0 Å². The Bertz CT molecular complexity index is 289. The second kappa shape index (κ2) is 4.61. The first-order valence-corrected chi connectivity index (χ1v) is 5.19. The summed E-state index contributed by atoms with van der Waals surface area (Å²) < 4.78 is 5.21. The van der Waals surface area contributed by atoms with Gasteiger partial charge in [-0.15, -0.1) is 0 Å². The van der Waals surface area contributed by atoms with Gasteiger partial charge in [-0.3, -0.25) is 0 Å². The monoisotopic (exact) mass is 192 g/mol. The molecule has 78 valence electrons. The second-order valence-corrected chi connectivity index (χ2v) is 4.33. The van der Waals surface area contributed by atoms with Crippen LogP contribution in [0.25, 0.3) is 0 Å². The fourth-order valence-electron chi connectivity index (χ4n) is 1.65. The van der Waals surface area contributed by atoms with E-state index < -0.39 is 0 Å². The van der Waals surface area contributed by atoms with Crippen molar-refractivity contribution in [2.24, 2.45) is 0 Å². The first-order chi connectivity index (χ1) is 6.61. The van der Waals surface area contributed by atoms with Gasteiger partial charge in [0.2, 0.25) is 0 Å². The molecule has 1 nitrogen and oxygen atoms in total. The minimum absolute atomic E-state index is 0.245. The molecule has 14 heavy (non-hydrogen) atoms. The van der Waals surface area contributed by atoms with Gasteiger partial charge in [0.1, 0.15) is 0 Å². The largest absolute Gasteiger partial charge is 0.380 e. The van der Waals surface area contributed by atoms with Crippen molar-refractivity contribution >= 4 is 0 Å². The maximum absolute atomic E-state index is 5.21. The lowest BCUT2D eigenvalue weighted by Crippen LogP contribution is -2.18. The summed E-state index contributed by atoms with van der Waals surface area (Å²) in [7, 11) is 1.75. The van der Waals surface area contributed by atoms with Gasteiger partial charge in [0.05, 0.1) is 6.61 Å². The first-order valence-electron chi connectivity index (χ1n) is 5.19. The Morgan fingerprint density at radius 1 is 1.21 bits per heavy atom. The molecule has 0 spiro atoms. The number of hydrogen-bond acceptors (Lipinski definition) is 1. The summed E-state index contributed by atoms with van der Waals surface area (Å²) in [6.45, 7) is 7.49. The highest BCUT2D eigenvalue weighted by atomic mass is 16.5. The summed E-state index contributed by atoms with van der Waals surface area (Å²) in [5, 5.41) is 0. The molecule has 0 aliphatic carbocycles. The fourth-order valence-corrected chi connectivity index (χ4v) is 1.65. The van der Waals surface area contributed by atoms with Crippen molar-refractivity contribution in [3.8, 4) is 0 Å². The van der Waals surface area contributed by atoms with Gasteiger partial charge in [-0.1, -0.05) is 45.0 Å². The Morgan fingerprint density at radius 2 is 1.86 bits per heavy atom. The molecular formula is C13H20O. The zero-order valence-electron chi connectivity index (χ0n) is 9.63. The van der Waals surface area contributed by atoms with E-state index >= 15 is 0 Å². The number of rotatable bonds is 4. The Labute approximate surface area is 87.1 Å². The lowest BCUT2D eigenvalue weighted by molar-refractivity contribution is 0.183. The molecule has 0 unspecified atom stereocenters. The van der Waals surface area contributed by atoms with Crippen molar-refractivity contribution in [2.75, 3.05) is 7.11 Å². The van der Waals surface area contributed by atoms with Crippen LogP contribution in [0.5, 0.6) is 0 Å². The molecular weight excluding hydrogens is 172 g/mol. The summed E-state index contributed by atoms with van der Waals surface area (Å²) in [4.78, 5) is 0. The van der Waals surface area contributed by atoms with Gasteiger partial charge < -0.3 is 4.74 Å². The predicted molar refractivity (Wildman–Crippen MR) is 60.5 cm³/mol. The molecule has 0 fully saturated rings. The number of ether oxygens (including phenoxy) is 1. The topological polar surface area (TPSA) is 9.23 Å². The van der Waals surface area contributed by atoms with Crippen LogP contribution < -0.4 is 0 Å². The minimum atomic E-state index is 0.245. The maximum atomic E-state index is 5.21. The molecule has 1 aromatic rings. The van der Waals surface area contributed by atoms with Gasteiger partial charge in [-0.2, -0.15) is 0 Å². The van der Waals surface area contributed by atoms with Crippen LogP contribution in [0.4, 0.5) is 0 Å². The molecule has 0 amide bonds. The Hall–Kier alpha value is -0.820. The molecule has 0 aliphatic rings. The summed E-state index contributed by atoms with van der Waals surface area (Å²) in [5.74, 6) is 0. The van der Waals surface area contributed by atoms with Crippen molar-refractivity contribution < 1.29 is 4.74 Å². The molecule has 1 rings (SSSR count). The smallest absolute Gasteiger partial charge is 0.0715 e. The highest BCUT2D eigenvalue weighted by Crippen LogP contribution is 2.29. The highest BCUT2D eigenvalue weighted by Gasteiger charge is 2.20. The molecule has 0 radical (unpaired) electrons. The summed E-state index contributed by atoms with van der Waals surface area (Å²) in [6.07, 6.45) is 1.15. The third kappa shape index (κ3) is 2.36. The highest BCUT2D eigenvalue weighted by molar-refractivity contribution is 5.32. The van der Waals surface area contributed by atoms with Gasteiger partial charge in [0.15, 0.2) is 0 Å². The van der Waals surface area contributed by atoms with E-state index in [9.17, 15) is 0 Å². The molecule has 0 N–H and O–H groups in total. The SMILES string of the molecule is CCC(C)(C)c1ccccc1COC. The van der Waals surface area contributed by atoms with Crippen LogP contribution in [0.2, 0.25) is 0 Å². The maximum Gasteiger partial charge on any atom is 0.0715 e. The van der Waals surface area contributed by atoms with Crippen LogP contribution in [-0.4, -0.2) is 7.11 Å². The van der Waals surface area contributed by atoms with Crippen LogP contribution >= 0.6 is 0 Å². The van der Waals surface area contributed by atoms with Crippen molar-refractivity contribution in [3.63, 3.8) is 0 Å². The summed E-state index contributed by atoms with van der Waals surface area (Å²) in [6, 6.07) is 8.53. The van der Waals surface area contributed by atoms with Gasteiger partial charge in [0, 0.05) is 7.11 Å². The molecule has 0 aromatic heterocycles. The normalized spacial score (nSPS) is 11.7. The van der Waals surface area contributed by atoms with Crippen LogP contribution in [0, 0.1) is 0 Å². The third-order valence-electron chi connectivity index (χ3n) is 2.93. The van der Waals surface area contributed by atoms with Crippen LogP contribution in [-0.2, 0) is 16.8 Å². The molecule has 1 heteroatoms. The van der Waals surface area contributed by atoms with Gasteiger partial charge >= 0.3 is 0 Å². The molecule has 1 aromatic carbocycles. The number of hydrogen-bond donors (Lipinski definition) is 0. The van der Waals surface area contributed by atoms with E-state index in [0.717, 1.165) is 6.42 Å². The standard InChI is InChI=1S/C13H20O/c1-5-13(2,3)12-9-7-6-8-11(12)10-14-4/h6-9H,5,10H2,1-4H3. The quantitative estimate of drug-likeness (QED) is 0.709. The fraction of sp³-hybridized carbons (Fsp3) is 0.538. The zero-order valence-corrected chi connectivity index (χ0v) is 9.63. The van der Waals surface area contributed by atoms with E-state index in [2.05, 4.69) is 45.0 Å². The second-order valence-electron chi connectivity index (χ2n) is 4.33. The molecule has 0 aliphatic heterocycles.